The number of aliphatic hydroxyl groups excluding tert-OH is 1. The Hall–Kier alpha value is -0.980. The third kappa shape index (κ3) is 6.51. The Morgan fingerprint density at radius 1 is 1.17 bits per heavy atom. The number of carbonyl (C=O) groups is 1. The van der Waals surface area contributed by atoms with Crippen molar-refractivity contribution in [3.05, 3.63) is 0 Å². The van der Waals surface area contributed by atoms with Gasteiger partial charge >= 0.3 is 6.18 Å². The van der Waals surface area contributed by atoms with Gasteiger partial charge in [-0.2, -0.15) is 13.2 Å². The first-order valence-corrected chi connectivity index (χ1v) is 10.9. The van der Waals surface area contributed by atoms with Gasteiger partial charge in [0.1, 0.15) is 0 Å². The van der Waals surface area contributed by atoms with Gasteiger partial charge in [-0.15, -0.1) is 0 Å². The number of aliphatic hydroxyl groups is 1. The fourth-order valence-electron chi connectivity index (χ4n) is 4.80. The van der Waals surface area contributed by atoms with E-state index in [0.717, 1.165) is 25.9 Å². The number of nitrogens with zero attached hydrogens (tertiary/aromatic N) is 1. The minimum absolute atomic E-state index is 0.0937. The van der Waals surface area contributed by atoms with E-state index in [-0.39, 0.29) is 37.3 Å². The fraction of sp³-hybridized carbons (Fsp3) is 0.947. The van der Waals surface area contributed by atoms with Crippen LogP contribution in [0.1, 0.15) is 25.7 Å². The molecular formula is C19H35F3N6O2. The van der Waals surface area contributed by atoms with Crippen molar-refractivity contribution in [1.29, 1.82) is 0 Å². The van der Waals surface area contributed by atoms with Crippen LogP contribution >= 0.6 is 0 Å². The van der Waals surface area contributed by atoms with Crippen LogP contribution in [0.2, 0.25) is 0 Å². The minimum atomic E-state index is -4.19. The maximum absolute atomic E-state index is 13.3. The SMILES string of the molecule is NC(CC(O)C1CCNCC1)C(=O)NC1CNN(CC2CNCCC2C(F)(F)F)C1. The van der Waals surface area contributed by atoms with Gasteiger partial charge in [-0.1, -0.05) is 0 Å². The van der Waals surface area contributed by atoms with Gasteiger partial charge in [-0.3, -0.25) is 10.2 Å². The Bertz CT molecular complexity index is 561. The summed E-state index contributed by atoms with van der Waals surface area (Å²) in [5.74, 6) is -2.01. The molecule has 3 saturated heterocycles. The van der Waals surface area contributed by atoms with E-state index < -0.39 is 30.2 Å². The number of carbonyl (C=O) groups excluding carboxylic acids is 1. The van der Waals surface area contributed by atoms with Gasteiger partial charge in [-0.25, -0.2) is 5.01 Å². The highest BCUT2D eigenvalue weighted by atomic mass is 19.4. The standard InChI is InChI=1S/C19H35F3N6O2/c20-19(21,22)15-3-6-25-8-13(15)10-28-11-14(9-26-28)27-18(30)16(23)7-17(29)12-1-4-24-5-2-12/h12-17,24-26,29H,1-11,23H2,(H,27,30). The van der Waals surface area contributed by atoms with Crippen molar-refractivity contribution < 1.29 is 23.1 Å². The number of nitrogens with two attached hydrogens (primary N) is 1. The number of rotatable bonds is 7. The van der Waals surface area contributed by atoms with E-state index in [2.05, 4.69) is 21.4 Å². The molecule has 3 aliphatic rings. The van der Waals surface area contributed by atoms with Crippen molar-refractivity contribution in [2.24, 2.45) is 23.5 Å². The summed E-state index contributed by atoms with van der Waals surface area (Å²) in [6.45, 7) is 3.58. The van der Waals surface area contributed by atoms with Crippen molar-refractivity contribution in [3.63, 3.8) is 0 Å². The Morgan fingerprint density at radius 2 is 1.87 bits per heavy atom. The highest BCUT2D eigenvalue weighted by Gasteiger charge is 2.46. The van der Waals surface area contributed by atoms with Crippen LogP contribution in [0.25, 0.3) is 0 Å². The van der Waals surface area contributed by atoms with Crippen molar-refractivity contribution >= 4 is 5.91 Å². The summed E-state index contributed by atoms with van der Waals surface area (Å²) in [6, 6.07) is -1.03. The Kier molecular flexibility index (Phi) is 8.33. The lowest BCUT2D eigenvalue weighted by molar-refractivity contribution is -0.196. The summed E-state index contributed by atoms with van der Waals surface area (Å²) in [5, 5.41) is 21.3. The molecule has 0 aromatic rings. The van der Waals surface area contributed by atoms with E-state index in [1.54, 1.807) is 5.01 Å². The normalized spacial score (nSPS) is 31.4. The molecule has 30 heavy (non-hydrogen) atoms. The number of hydrazine groups is 1. The van der Waals surface area contributed by atoms with Crippen LogP contribution in [0.4, 0.5) is 13.2 Å². The Labute approximate surface area is 175 Å². The summed E-state index contributed by atoms with van der Waals surface area (Å²) in [5.41, 5.74) is 9.09. The summed E-state index contributed by atoms with van der Waals surface area (Å²) in [4.78, 5) is 12.4. The third-order valence-electron chi connectivity index (χ3n) is 6.59. The van der Waals surface area contributed by atoms with E-state index >= 15 is 0 Å². The van der Waals surface area contributed by atoms with E-state index in [1.807, 2.05) is 0 Å². The van der Waals surface area contributed by atoms with Crippen molar-refractivity contribution in [3.8, 4) is 0 Å². The quantitative estimate of drug-likeness (QED) is 0.308. The van der Waals surface area contributed by atoms with Gasteiger partial charge in [0.05, 0.1) is 24.1 Å². The predicted octanol–water partition coefficient (Wildman–Crippen LogP) is -0.843. The highest BCUT2D eigenvalue weighted by Crippen LogP contribution is 2.36. The topological polar surface area (TPSA) is 115 Å². The summed E-state index contributed by atoms with van der Waals surface area (Å²) in [6.07, 6.45) is -2.76. The molecule has 3 rings (SSSR count). The van der Waals surface area contributed by atoms with Crippen LogP contribution < -0.4 is 27.1 Å². The zero-order valence-corrected chi connectivity index (χ0v) is 17.3. The van der Waals surface area contributed by atoms with Gasteiger partial charge in [0.2, 0.25) is 5.91 Å². The molecular weight excluding hydrogens is 401 g/mol. The van der Waals surface area contributed by atoms with E-state index in [9.17, 15) is 23.1 Å². The maximum atomic E-state index is 13.3. The molecule has 0 bridgehead atoms. The van der Waals surface area contributed by atoms with E-state index in [0.29, 0.717) is 26.2 Å². The first kappa shape index (κ1) is 23.7. The molecule has 5 atom stereocenters. The number of piperidine rings is 2. The number of amides is 1. The lowest BCUT2D eigenvalue weighted by atomic mass is 9.85. The van der Waals surface area contributed by atoms with Crippen molar-refractivity contribution in [2.45, 2.75) is 50.0 Å². The smallest absolute Gasteiger partial charge is 0.392 e. The Morgan fingerprint density at radius 3 is 2.57 bits per heavy atom. The van der Waals surface area contributed by atoms with E-state index in [1.165, 1.54) is 0 Å². The zero-order chi connectivity index (χ0) is 21.7. The molecule has 0 spiro atoms. The maximum Gasteiger partial charge on any atom is 0.392 e. The zero-order valence-electron chi connectivity index (χ0n) is 17.3. The molecule has 0 aliphatic carbocycles. The molecule has 3 aliphatic heterocycles. The second-order valence-electron chi connectivity index (χ2n) is 8.87. The number of alkyl halides is 3. The van der Waals surface area contributed by atoms with Crippen LogP contribution in [-0.2, 0) is 4.79 Å². The largest absolute Gasteiger partial charge is 0.393 e. The lowest BCUT2D eigenvalue weighted by Gasteiger charge is -2.35. The molecule has 7 N–H and O–H groups in total. The number of hydrogen-bond donors (Lipinski definition) is 6. The van der Waals surface area contributed by atoms with Gasteiger partial charge in [0, 0.05) is 19.6 Å². The average Bonchev–Trinajstić information content (AvgIpc) is 3.14. The average molecular weight is 437 g/mol. The molecule has 0 aromatic carbocycles. The number of nitrogens with one attached hydrogen (secondary N) is 4. The van der Waals surface area contributed by atoms with Crippen molar-refractivity contribution in [2.75, 3.05) is 45.8 Å². The summed E-state index contributed by atoms with van der Waals surface area (Å²) in [7, 11) is 0. The van der Waals surface area contributed by atoms with Crippen LogP contribution in [0.15, 0.2) is 0 Å². The van der Waals surface area contributed by atoms with Crippen LogP contribution in [0.5, 0.6) is 0 Å². The fourth-order valence-corrected chi connectivity index (χ4v) is 4.80. The molecule has 8 nitrogen and oxygen atoms in total. The molecule has 1 amide bonds. The lowest BCUT2D eigenvalue weighted by Crippen LogP contribution is -2.50. The third-order valence-corrected chi connectivity index (χ3v) is 6.59. The van der Waals surface area contributed by atoms with Crippen molar-refractivity contribution in [1.82, 2.24) is 26.4 Å². The number of hydrogen-bond acceptors (Lipinski definition) is 7. The monoisotopic (exact) mass is 436 g/mol. The molecule has 174 valence electrons. The molecule has 0 radical (unpaired) electrons. The van der Waals surface area contributed by atoms with Crippen LogP contribution in [0.3, 0.4) is 0 Å². The summed E-state index contributed by atoms with van der Waals surface area (Å²) < 4.78 is 39.8. The number of halogens is 3. The van der Waals surface area contributed by atoms with Crippen LogP contribution in [0, 0.1) is 17.8 Å². The predicted molar refractivity (Wildman–Crippen MR) is 106 cm³/mol. The molecule has 3 fully saturated rings. The molecule has 3 heterocycles. The van der Waals surface area contributed by atoms with Gasteiger partial charge < -0.3 is 26.8 Å². The van der Waals surface area contributed by atoms with Gasteiger partial charge in [0.25, 0.3) is 0 Å². The molecule has 11 heteroatoms. The first-order chi connectivity index (χ1) is 14.2. The first-order valence-electron chi connectivity index (χ1n) is 10.9. The second kappa shape index (κ2) is 10.6. The van der Waals surface area contributed by atoms with Gasteiger partial charge in [0.15, 0.2) is 0 Å². The minimum Gasteiger partial charge on any atom is -0.393 e. The Balaban J connectivity index is 1.42. The van der Waals surface area contributed by atoms with Crippen LogP contribution in [-0.4, -0.2) is 86.2 Å². The molecule has 0 aromatic heterocycles. The summed E-state index contributed by atoms with van der Waals surface area (Å²) >= 11 is 0. The molecule has 5 unspecified atom stereocenters. The van der Waals surface area contributed by atoms with E-state index in [4.69, 9.17) is 5.73 Å². The highest BCUT2D eigenvalue weighted by molar-refractivity contribution is 5.81. The second-order valence-corrected chi connectivity index (χ2v) is 8.87. The van der Waals surface area contributed by atoms with Gasteiger partial charge in [-0.05, 0) is 63.7 Å². The molecule has 0 saturated carbocycles.